The molecule has 0 bridgehead atoms. The Morgan fingerprint density at radius 2 is 2.33 bits per heavy atom. The molecule has 8 heteroatoms. The Morgan fingerprint density at radius 1 is 1.50 bits per heavy atom. The van der Waals surface area contributed by atoms with E-state index in [1.54, 1.807) is 0 Å². The first-order valence-corrected chi connectivity index (χ1v) is 5.51. The van der Waals surface area contributed by atoms with Gasteiger partial charge in [-0.05, 0) is 6.42 Å². The third-order valence-electron chi connectivity index (χ3n) is 2.96. The minimum atomic E-state index is -0.998. The minimum absolute atomic E-state index is 0.0574. The van der Waals surface area contributed by atoms with Crippen molar-refractivity contribution in [1.82, 2.24) is 24.5 Å². The number of likely N-dealkylation sites (tertiary alicyclic amines) is 1. The van der Waals surface area contributed by atoms with Gasteiger partial charge in [0.2, 0.25) is 0 Å². The molecule has 0 unspecified atom stereocenters. The summed E-state index contributed by atoms with van der Waals surface area (Å²) in [6.45, 7) is 0.408. The molecule has 0 radical (unpaired) electrons. The SMILES string of the molecule is O=C(c1cncc2n[nH]c(=O)n12)N1CC[C@H](F)C1. The zero-order valence-electron chi connectivity index (χ0n) is 9.34. The summed E-state index contributed by atoms with van der Waals surface area (Å²) in [7, 11) is 0. The number of rotatable bonds is 1. The van der Waals surface area contributed by atoms with Crippen molar-refractivity contribution in [3.05, 3.63) is 28.6 Å². The van der Waals surface area contributed by atoms with Gasteiger partial charge in [-0.3, -0.25) is 9.78 Å². The number of nitrogens with zero attached hydrogens (tertiary/aromatic N) is 4. The van der Waals surface area contributed by atoms with E-state index in [1.165, 1.54) is 17.3 Å². The predicted octanol–water partition coefficient (Wildman–Crippen LogP) is -0.398. The fourth-order valence-electron chi connectivity index (χ4n) is 2.08. The molecule has 2 aromatic rings. The first-order valence-electron chi connectivity index (χ1n) is 5.51. The Balaban J connectivity index is 2.06. The topological polar surface area (TPSA) is 83.4 Å². The molecule has 2 aromatic heterocycles. The molecule has 7 nitrogen and oxygen atoms in total. The molecule has 1 fully saturated rings. The summed E-state index contributed by atoms with van der Waals surface area (Å²) in [4.78, 5) is 29.0. The summed E-state index contributed by atoms with van der Waals surface area (Å²) in [5.74, 6) is -0.406. The highest BCUT2D eigenvalue weighted by molar-refractivity contribution is 5.93. The van der Waals surface area contributed by atoms with Crippen LogP contribution in [0.5, 0.6) is 0 Å². The molecular weight excluding hydrogens is 241 g/mol. The van der Waals surface area contributed by atoms with Crippen molar-refractivity contribution in [2.75, 3.05) is 13.1 Å². The van der Waals surface area contributed by atoms with Crippen molar-refractivity contribution in [3.63, 3.8) is 0 Å². The van der Waals surface area contributed by atoms with E-state index in [0.717, 1.165) is 4.40 Å². The lowest BCUT2D eigenvalue weighted by Crippen LogP contribution is -2.32. The van der Waals surface area contributed by atoms with Crippen LogP contribution in [0.15, 0.2) is 17.2 Å². The van der Waals surface area contributed by atoms with Gasteiger partial charge in [0.1, 0.15) is 11.9 Å². The summed E-state index contributed by atoms with van der Waals surface area (Å²) < 4.78 is 14.2. The monoisotopic (exact) mass is 251 g/mol. The van der Waals surface area contributed by atoms with Crippen LogP contribution in [0.25, 0.3) is 5.65 Å². The average molecular weight is 251 g/mol. The average Bonchev–Trinajstić information content (AvgIpc) is 2.96. The van der Waals surface area contributed by atoms with Crippen molar-refractivity contribution >= 4 is 11.6 Å². The number of fused-ring (bicyclic) bond motifs is 1. The number of H-pyrrole nitrogens is 1. The van der Waals surface area contributed by atoms with Crippen LogP contribution in [0.3, 0.4) is 0 Å². The highest BCUT2D eigenvalue weighted by atomic mass is 19.1. The summed E-state index contributed by atoms with van der Waals surface area (Å²) in [5.41, 5.74) is -0.144. The molecule has 0 aromatic carbocycles. The number of nitrogens with one attached hydrogen (secondary N) is 1. The van der Waals surface area contributed by atoms with Gasteiger partial charge in [-0.2, -0.15) is 5.10 Å². The number of halogens is 1. The van der Waals surface area contributed by atoms with Gasteiger partial charge in [0.15, 0.2) is 5.65 Å². The summed E-state index contributed by atoms with van der Waals surface area (Å²) >= 11 is 0. The van der Waals surface area contributed by atoms with Crippen LogP contribution in [0.4, 0.5) is 4.39 Å². The zero-order chi connectivity index (χ0) is 12.7. The van der Waals surface area contributed by atoms with E-state index in [2.05, 4.69) is 15.2 Å². The first kappa shape index (κ1) is 10.9. The molecule has 3 heterocycles. The molecule has 3 rings (SSSR count). The van der Waals surface area contributed by atoms with Gasteiger partial charge in [0.05, 0.1) is 18.9 Å². The maximum Gasteiger partial charge on any atom is 0.348 e. The number of aromatic amines is 1. The Labute approximate surface area is 100 Å². The van der Waals surface area contributed by atoms with Crippen LogP contribution in [-0.2, 0) is 0 Å². The summed E-state index contributed by atoms with van der Waals surface area (Å²) in [6, 6.07) is 0. The number of alkyl halides is 1. The Hall–Kier alpha value is -2.25. The number of hydrogen-bond acceptors (Lipinski definition) is 4. The lowest BCUT2D eigenvalue weighted by atomic mass is 10.3. The molecule has 18 heavy (non-hydrogen) atoms. The van der Waals surface area contributed by atoms with Crippen molar-refractivity contribution in [2.45, 2.75) is 12.6 Å². The second-order valence-electron chi connectivity index (χ2n) is 4.15. The molecule has 1 amide bonds. The standard InChI is InChI=1S/C10H10FN5O2/c11-6-1-2-15(5-6)9(17)7-3-12-4-8-13-14-10(18)16(7)8/h3-4,6H,1-2,5H2,(H,14,18)/t6-/m0/s1. The summed E-state index contributed by atoms with van der Waals surface area (Å²) in [6.07, 6.45) is 1.99. The van der Waals surface area contributed by atoms with Crippen LogP contribution < -0.4 is 5.69 Å². The van der Waals surface area contributed by atoms with Gasteiger partial charge in [-0.15, -0.1) is 0 Å². The van der Waals surface area contributed by atoms with E-state index >= 15 is 0 Å². The van der Waals surface area contributed by atoms with Gasteiger partial charge in [0, 0.05) is 6.54 Å². The second kappa shape index (κ2) is 3.90. The largest absolute Gasteiger partial charge is 0.348 e. The van der Waals surface area contributed by atoms with Crippen molar-refractivity contribution in [3.8, 4) is 0 Å². The van der Waals surface area contributed by atoms with Crippen LogP contribution in [0.2, 0.25) is 0 Å². The molecule has 1 atom stereocenters. The lowest BCUT2D eigenvalue weighted by molar-refractivity contribution is 0.0774. The molecule has 0 saturated carbocycles. The zero-order valence-corrected chi connectivity index (χ0v) is 9.34. The Kier molecular flexibility index (Phi) is 2.35. The van der Waals surface area contributed by atoms with Gasteiger partial charge in [-0.25, -0.2) is 18.7 Å². The molecule has 94 valence electrons. The minimum Gasteiger partial charge on any atom is -0.334 e. The smallest absolute Gasteiger partial charge is 0.334 e. The molecule has 1 aliphatic rings. The Bertz CT molecular complexity index is 664. The highest BCUT2D eigenvalue weighted by Gasteiger charge is 2.28. The highest BCUT2D eigenvalue weighted by Crippen LogP contribution is 2.15. The predicted molar refractivity (Wildman–Crippen MR) is 59.0 cm³/mol. The second-order valence-corrected chi connectivity index (χ2v) is 4.15. The van der Waals surface area contributed by atoms with E-state index < -0.39 is 17.8 Å². The maximum absolute atomic E-state index is 13.1. The number of carbonyl (C=O) groups is 1. The molecule has 1 saturated heterocycles. The third kappa shape index (κ3) is 1.57. The van der Waals surface area contributed by atoms with Gasteiger partial charge < -0.3 is 4.90 Å². The van der Waals surface area contributed by atoms with Crippen LogP contribution in [0.1, 0.15) is 16.9 Å². The molecule has 0 spiro atoms. The summed E-state index contributed by atoms with van der Waals surface area (Å²) in [5, 5.41) is 5.96. The quantitative estimate of drug-likeness (QED) is 0.747. The molecule has 0 aliphatic carbocycles. The fourth-order valence-corrected chi connectivity index (χ4v) is 2.08. The van der Waals surface area contributed by atoms with E-state index in [1.807, 2.05) is 0 Å². The van der Waals surface area contributed by atoms with Crippen molar-refractivity contribution < 1.29 is 9.18 Å². The molecule has 1 N–H and O–H groups in total. The van der Waals surface area contributed by atoms with E-state index in [-0.39, 0.29) is 17.9 Å². The van der Waals surface area contributed by atoms with Gasteiger partial charge in [-0.1, -0.05) is 0 Å². The van der Waals surface area contributed by atoms with Crippen LogP contribution in [0, 0.1) is 0 Å². The lowest BCUT2D eigenvalue weighted by Gasteiger charge is -2.15. The normalized spacial score (nSPS) is 19.6. The van der Waals surface area contributed by atoms with Crippen LogP contribution >= 0.6 is 0 Å². The number of carbonyl (C=O) groups excluding carboxylic acids is 1. The molecule has 1 aliphatic heterocycles. The van der Waals surface area contributed by atoms with Gasteiger partial charge >= 0.3 is 5.69 Å². The van der Waals surface area contributed by atoms with Crippen LogP contribution in [-0.4, -0.2) is 49.7 Å². The first-order chi connectivity index (χ1) is 8.66. The number of hydrogen-bond donors (Lipinski definition) is 1. The van der Waals surface area contributed by atoms with E-state index in [9.17, 15) is 14.0 Å². The van der Waals surface area contributed by atoms with Gasteiger partial charge in [0.25, 0.3) is 5.91 Å². The van der Waals surface area contributed by atoms with Crippen molar-refractivity contribution in [1.29, 1.82) is 0 Å². The maximum atomic E-state index is 13.1. The van der Waals surface area contributed by atoms with Crippen molar-refractivity contribution in [2.24, 2.45) is 0 Å². The third-order valence-corrected chi connectivity index (χ3v) is 2.96. The fraction of sp³-hybridized carbons (Fsp3) is 0.400. The number of amides is 1. The Morgan fingerprint density at radius 3 is 3.06 bits per heavy atom. The van der Waals surface area contributed by atoms with E-state index in [4.69, 9.17) is 0 Å². The molecular formula is C10H10FN5O2. The number of aromatic nitrogens is 4. The van der Waals surface area contributed by atoms with E-state index in [0.29, 0.717) is 13.0 Å².